The van der Waals surface area contributed by atoms with E-state index in [1.807, 2.05) is 72.8 Å². The molecule has 2 fully saturated rings. The molecular weight excluding hydrogens is 1040 g/mol. The average molecular weight is 1130 g/mol. The first kappa shape index (κ1) is 59.9. The van der Waals surface area contributed by atoms with Gasteiger partial charge in [0.15, 0.2) is 0 Å². The van der Waals surface area contributed by atoms with Crippen molar-refractivity contribution in [3.8, 4) is 23.0 Å². The molecule has 2 saturated carbocycles. The monoisotopic (exact) mass is 1130 g/mol. The van der Waals surface area contributed by atoms with Gasteiger partial charge in [-0.2, -0.15) is 0 Å². The molecule has 0 saturated heterocycles. The van der Waals surface area contributed by atoms with Crippen LogP contribution in [0.2, 0.25) is 0 Å². The Morgan fingerprint density at radius 1 is 0.452 bits per heavy atom. The summed E-state index contributed by atoms with van der Waals surface area (Å²) in [6.07, 6.45) is 17.1. The van der Waals surface area contributed by atoms with Crippen molar-refractivity contribution in [3.05, 3.63) is 178 Å². The quantitative estimate of drug-likeness (QED) is 0.0682. The first-order valence-corrected chi connectivity index (χ1v) is 31.3. The molecule has 0 spiro atoms. The van der Waals surface area contributed by atoms with Gasteiger partial charge < -0.3 is 29.6 Å². The Morgan fingerprint density at radius 2 is 0.786 bits per heavy atom. The third-order valence-electron chi connectivity index (χ3n) is 18.8. The number of carbonyl (C=O) groups is 4. The molecule has 6 aromatic carbocycles. The Hall–Kier alpha value is -7.20. The number of benzene rings is 6. The van der Waals surface area contributed by atoms with Crippen LogP contribution in [0.15, 0.2) is 133 Å². The molecule has 10 rings (SSSR count). The van der Waals surface area contributed by atoms with Crippen molar-refractivity contribution >= 4 is 35.1 Å². The molecule has 0 unspecified atom stereocenters. The fourth-order valence-electron chi connectivity index (χ4n) is 14.0. The molecule has 2 heterocycles. The van der Waals surface area contributed by atoms with Crippen molar-refractivity contribution in [3.63, 3.8) is 0 Å². The highest BCUT2D eigenvalue weighted by Crippen LogP contribution is 2.49. The largest absolute Gasteiger partial charge is 0.466 e. The van der Waals surface area contributed by atoms with Gasteiger partial charge in [-0.3, -0.25) is 19.2 Å². The summed E-state index contributed by atoms with van der Waals surface area (Å²) in [6, 6.07) is 45.1. The van der Waals surface area contributed by atoms with Crippen LogP contribution < -0.4 is 20.1 Å². The summed E-state index contributed by atoms with van der Waals surface area (Å²) in [5, 5.41) is 6.72. The Kier molecular flexibility index (Phi) is 18.8. The molecule has 4 aliphatic rings. The van der Waals surface area contributed by atoms with E-state index in [9.17, 15) is 19.2 Å². The third kappa shape index (κ3) is 14.8. The molecule has 2 aliphatic carbocycles. The van der Waals surface area contributed by atoms with Crippen LogP contribution in [-0.4, -0.2) is 37.0 Å². The van der Waals surface area contributed by atoms with Gasteiger partial charge in [0, 0.05) is 58.3 Å². The van der Waals surface area contributed by atoms with Crippen molar-refractivity contribution in [2.24, 2.45) is 10.8 Å². The summed E-state index contributed by atoms with van der Waals surface area (Å²) < 4.78 is 24.2. The molecule has 2 amide bonds. The molecular formula is C74H88N2O8. The standard InChI is InChI=1S/C74H88N2O8/c1-71(2,3)59-31-29-51(47-61(59)75-67(77)49-57-53-21-9-13-25-63(53)83-64-26-14-10-22-54(57)64)35-41-73(37-17-7-18-38-73)43-45-81-69(79)33-34-70(80)82-46-44-74(39-19-8-20-40-74)42-36-52-30-32-60(72(4,5)6)62(48-52)76-68(78)50-58-55-23-11-15-27-65(55)84-66-28-16-12-24-56(58)66/h9-16,21-32,47-48,57-58H,7-8,17-20,33-46,49-50H2,1-6H3,(H,75,77)(H,76,78). The van der Waals surface area contributed by atoms with Crippen LogP contribution in [0.25, 0.3) is 0 Å². The number of rotatable bonds is 21. The van der Waals surface area contributed by atoms with Gasteiger partial charge in [0.1, 0.15) is 23.0 Å². The van der Waals surface area contributed by atoms with Gasteiger partial charge in [0.2, 0.25) is 11.8 Å². The minimum absolute atomic E-state index is 0.00175. The Morgan fingerprint density at radius 3 is 1.12 bits per heavy atom. The van der Waals surface area contributed by atoms with Crippen molar-refractivity contribution in [2.75, 3.05) is 23.8 Å². The predicted molar refractivity (Wildman–Crippen MR) is 334 cm³/mol. The van der Waals surface area contributed by atoms with Crippen molar-refractivity contribution in [1.29, 1.82) is 0 Å². The van der Waals surface area contributed by atoms with E-state index in [2.05, 4.69) is 113 Å². The molecule has 0 atom stereocenters. The number of ether oxygens (including phenoxy) is 4. The number of aryl methyl sites for hydroxylation is 2. The van der Waals surface area contributed by atoms with Crippen LogP contribution in [0, 0.1) is 10.8 Å². The first-order valence-electron chi connectivity index (χ1n) is 31.3. The van der Waals surface area contributed by atoms with E-state index in [1.54, 1.807) is 0 Å². The van der Waals surface area contributed by atoms with Crippen LogP contribution in [0.5, 0.6) is 23.0 Å². The number of para-hydroxylation sites is 4. The van der Waals surface area contributed by atoms with Crippen LogP contribution in [0.3, 0.4) is 0 Å². The maximum Gasteiger partial charge on any atom is 0.306 e. The van der Waals surface area contributed by atoms with Gasteiger partial charge in [-0.25, -0.2) is 0 Å². The van der Waals surface area contributed by atoms with Gasteiger partial charge in [-0.05, 0) is 145 Å². The van der Waals surface area contributed by atoms with Crippen LogP contribution in [0.1, 0.15) is 213 Å². The highest BCUT2D eigenvalue weighted by Gasteiger charge is 2.36. The van der Waals surface area contributed by atoms with Crippen LogP contribution in [-0.2, 0) is 52.3 Å². The van der Waals surface area contributed by atoms with Crippen LogP contribution >= 0.6 is 0 Å². The minimum Gasteiger partial charge on any atom is -0.466 e. The summed E-state index contributed by atoms with van der Waals surface area (Å²) in [5.74, 6) is 2.13. The van der Waals surface area contributed by atoms with Crippen molar-refractivity contribution in [1.82, 2.24) is 0 Å². The number of fused-ring (bicyclic) bond motifs is 4. The molecule has 0 aromatic heterocycles. The first-order chi connectivity index (χ1) is 40.4. The molecule has 10 heteroatoms. The lowest BCUT2D eigenvalue weighted by Crippen LogP contribution is -2.28. The smallest absolute Gasteiger partial charge is 0.306 e. The van der Waals surface area contributed by atoms with Crippen molar-refractivity contribution in [2.45, 2.75) is 193 Å². The maximum atomic E-state index is 14.1. The lowest BCUT2D eigenvalue weighted by Gasteiger charge is -2.37. The van der Waals surface area contributed by atoms with E-state index in [0.717, 1.165) is 158 Å². The van der Waals surface area contributed by atoms with E-state index in [4.69, 9.17) is 18.9 Å². The molecule has 442 valence electrons. The summed E-state index contributed by atoms with van der Waals surface area (Å²) >= 11 is 0. The summed E-state index contributed by atoms with van der Waals surface area (Å²) in [7, 11) is 0. The highest BCUT2D eigenvalue weighted by molar-refractivity contribution is 5.94. The average Bonchev–Trinajstić information content (AvgIpc) is 2.39. The lowest BCUT2D eigenvalue weighted by atomic mass is 9.68. The number of amides is 2. The second-order valence-corrected chi connectivity index (χ2v) is 26.8. The Balaban J connectivity index is 0.693. The molecule has 2 N–H and O–H groups in total. The number of esters is 2. The molecule has 84 heavy (non-hydrogen) atoms. The number of anilines is 2. The van der Waals surface area contributed by atoms with E-state index < -0.39 is 0 Å². The number of hydrogen-bond donors (Lipinski definition) is 2. The minimum atomic E-state index is -0.361. The summed E-state index contributed by atoms with van der Waals surface area (Å²) in [5.41, 5.74) is 10.1. The zero-order valence-corrected chi connectivity index (χ0v) is 50.7. The van der Waals surface area contributed by atoms with Gasteiger partial charge in [-0.1, -0.05) is 177 Å². The lowest BCUT2D eigenvalue weighted by molar-refractivity contribution is -0.151. The van der Waals surface area contributed by atoms with Crippen LogP contribution in [0.4, 0.5) is 11.4 Å². The van der Waals surface area contributed by atoms with E-state index in [0.29, 0.717) is 26.1 Å². The molecule has 2 aliphatic heterocycles. The number of carbonyl (C=O) groups excluding carboxylic acids is 4. The van der Waals surface area contributed by atoms with E-state index >= 15 is 0 Å². The van der Waals surface area contributed by atoms with E-state index in [-0.39, 0.29) is 70.1 Å². The molecule has 10 nitrogen and oxygen atoms in total. The number of hydrogen-bond acceptors (Lipinski definition) is 8. The zero-order chi connectivity index (χ0) is 58.9. The van der Waals surface area contributed by atoms with Gasteiger partial charge in [0.25, 0.3) is 0 Å². The SMILES string of the molecule is CC(C)(C)c1ccc(CCC2(CCOC(=O)CCC(=O)OCCC3(CCc4ccc(C(C)(C)C)c(NC(=O)CC5c6ccccc6Oc6ccccc65)c4)CCCCC3)CCCCC2)cc1NC(=O)CC1c2ccccc2Oc2ccccc21. The second-order valence-electron chi connectivity index (χ2n) is 26.8. The second kappa shape index (κ2) is 26.4. The molecule has 6 aromatic rings. The van der Waals surface area contributed by atoms with E-state index in [1.165, 1.54) is 24.0 Å². The molecule has 0 bridgehead atoms. The van der Waals surface area contributed by atoms with Crippen molar-refractivity contribution < 1.29 is 38.1 Å². The maximum absolute atomic E-state index is 14.1. The highest BCUT2D eigenvalue weighted by atomic mass is 16.5. The number of nitrogens with one attached hydrogen (secondary N) is 2. The fourth-order valence-corrected chi connectivity index (χ4v) is 14.0. The zero-order valence-electron chi connectivity index (χ0n) is 50.7. The summed E-state index contributed by atoms with van der Waals surface area (Å²) in [6.45, 7) is 13.7. The topological polar surface area (TPSA) is 129 Å². The Bertz CT molecular complexity index is 2990. The van der Waals surface area contributed by atoms with Gasteiger partial charge >= 0.3 is 11.9 Å². The van der Waals surface area contributed by atoms with Gasteiger partial charge in [0.05, 0.1) is 26.1 Å². The summed E-state index contributed by atoms with van der Waals surface area (Å²) in [4.78, 5) is 54.6. The Labute approximate surface area is 499 Å². The van der Waals surface area contributed by atoms with Gasteiger partial charge in [-0.15, -0.1) is 0 Å². The fraction of sp³-hybridized carbons (Fsp3) is 0.459. The predicted octanol–water partition coefficient (Wildman–Crippen LogP) is 17.9. The normalized spacial score (nSPS) is 16.3. The molecule has 0 radical (unpaired) electrons. The third-order valence-corrected chi connectivity index (χ3v) is 18.8.